The van der Waals surface area contributed by atoms with Crippen molar-refractivity contribution in [3.8, 4) is 0 Å². The maximum Gasteiger partial charge on any atom is 0.0832 e. The summed E-state index contributed by atoms with van der Waals surface area (Å²) < 4.78 is 2.40. The third-order valence-corrected chi connectivity index (χ3v) is 6.33. The molecular formula is C22H25N3O. The topological polar surface area (TPSA) is 41.3 Å². The normalized spacial score (nSPS) is 20.9. The number of aryl methyl sites for hydroxylation is 1. The van der Waals surface area contributed by atoms with E-state index in [4.69, 9.17) is 0 Å². The van der Waals surface area contributed by atoms with Crippen molar-refractivity contribution in [3.63, 3.8) is 0 Å². The number of fused-ring (bicyclic) bond motifs is 4. The lowest BCUT2D eigenvalue weighted by Crippen LogP contribution is -2.35. The van der Waals surface area contributed by atoms with Crippen molar-refractivity contribution < 1.29 is 5.11 Å². The summed E-state index contributed by atoms with van der Waals surface area (Å²) in [6, 6.07) is 11.1. The molecule has 5 rings (SSSR count). The fourth-order valence-electron chi connectivity index (χ4n) is 5.00. The van der Waals surface area contributed by atoms with Crippen LogP contribution in [-0.2, 0) is 26.4 Å². The molecule has 0 bridgehead atoms. The zero-order valence-electron chi connectivity index (χ0n) is 15.2. The Kier molecular flexibility index (Phi) is 3.84. The largest absolute Gasteiger partial charge is 0.388 e. The summed E-state index contributed by atoms with van der Waals surface area (Å²) in [7, 11) is 2.20. The third kappa shape index (κ3) is 2.48. The van der Waals surface area contributed by atoms with Crippen molar-refractivity contribution >= 4 is 10.9 Å². The van der Waals surface area contributed by atoms with Crippen LogP contribution in [0.1, 0.15) is 41.3 Å². The van der Waals surface area contributed by atoms with Gasteiger partial charge in [0.1, 0.15) is 0 Å². The van der Waals surface area contributed by atoms with Gasteiger partial charge in [-0.1, -0.05) is 18.2 Å². The standard InChI is InChI=1S/C22H25N3O/c1-24-20-13-17-5-3-11-25(17)14-19(20)18-6-2-4-16(22(18)24)12-21(26)15-7-9-23-10-8-15/h2,4,6-10,17,21,26H,3,5,11-14H2,1H3. The summed E-state index contributed by atoms with van der Waals surface area (Å²) in [5.74, 6) is 0. The first-order valence-electron chi connectivity index (χ1n) is 9.62. The van der Waals surface area contributed by atoms with Crippen LogP contribution in [0.15, 0.2) is 42.7 Å². The number of hydrogen-bond acceptors (Lipinski definition) is 3. The molecule has 2 aliphatic rings. The van der Waals surface area contributed by atoms with Crippen LogP contribution in [0.25, 0.3) is 10.9 Å². The van der Waals surface area contributed by atoms with Gasteiger partial charge in [-0.2, -0.15) is 0 Å². The molecule has 4 heterocycles. The molecule has 4 heteroatoms. The number of rotatable bonds is 3. The highest BCUT2D eigenvalue weighted by Gasteiger charge is 2.33. The van der Waals surface area contributed by atoms with Crippen molar-refractivity contribution in [2.45, 2.75) is 44.4 Å². The van der Waals surface area contributed by atoms with E-state index in [-0.39, 0.29) is 0 Å². The molecular weight excluding hydrogens is 322 g/mol. The molecule has 26 heavy (non-hydrogen) atoms. The molecule has 4 nitrogen and oxygen atoms in total. The zero-order valence-corrected chi connectivity index (χ0v) is 15.2. The van der Waals surface area contributed by atoms with Crippen LogP contribution in [0, 0.1) is 0 Å². The minimum atomic E-state index is -0.501. The maximum atomic E-state index is 10.7. The fraction of sp³-hybridized carbons (Fsp3) is 0.409. The van der Waals surface area contributed by atoms with Gasteiger partial charge < -0.3 is 9.67 Å². The minimum absolute atomic E-state index is 0.501. The highest BCUT2D eigenvalue weighted by Crippen LogP contribution is 2.37. The Labute approximate surface area is 154 Å². The molecule has 1 N–H and O–H groups in total. The predicted molar refractivity (Wildman–Crippen MR) is 103 cm³/mol. The van der Waals surface area contributed by atoms with Crippen LogP contribution in [0.3, 0.4) is 0 Å². The molecule has 0 aliphatic carbocycles. The molecule has 0 amide bonds. The van der Waals surface area contributed by atoms with E-state index < -0.39 is 6.10 Å². The fourth-order valence-corrected chi connectivity index (χ4v) is 5.00. The van der Waals surface area contributed by atoms with E-state index in [1.54, 1.807) is 12.4 Å². The quantitative estimate of drug-likeness (QED) is 0.790. The van der Waals surface area contributed by atoms with Gasteiger partial charge in [0.25, 0.3) is 0 Å². The number of aliphatic hydroxyl groups excluding tert-OH is 1. The SMILES string of the molecule is Cn1c2c(c3cccc(CC(O)c4ccncc4)c31)CN1CCCC1C2. The Balaban J connectivity index is 1.56. The van der Waals surface area contributed by atoms with E-state index in [1.165, 1.54) is 47.1 Å². The monoisotopic (exact) mass is 347 g/mol. The van der Waals surface area contributed by atoms with Crippen LogP contribution in [0.2, 0.25) is 0 Å². The Bertz CT molecular complexity index is 947. The summed E-state index contributed by atoms with van der Waals surface area (Å²) >= 11 is 0. The highest BCUT2D eigenvalue weighted by molar-refractivity contribution is 5.88. The molecule has 1 saturated heterocycles. The van der Waals surface area contributed by atoms with Gasteiger partial charge >= 0.3 is 0 Å². The summed E-state index contributed by atoms with van der Waals surface area (Å²) in [6.45, 7) is 2.31. The van der Waals surface area contributed by atoms with E-state index in [9.17, 15) is 5.11 Å². The van der Waals surface area contributed by atoms with Gasteiger partial charge in [0, 0.05) is 55.9 Å². The molecule has 2 atom stereocenters. The van der Waals surface area contributed by atoms with E-state index in [0.29, 0.717) is 6.42 Å². The molecule has 1 aromatic carbocycles. The first kappa shape index (κ1) is 16.0. The van der Waals surface area contributed by atoms with Crippen LogP contribution in [-0.4, -0.2) is 32.1 Å². The van der Waals surface area contributed by atoms with Crippen LogP contribution < -0.4 is 0 Å². The first-order valence-corrected chi connectivity index (χ1v) is 9.62. The molecule has 0 radical (unpaired) electrons. The number of para-hydroxylation sites is 1. The second-order valence-corrected chi connectivity index (χ2v) is 7.77. The van der Waals surface area contributed by atoms with Gasteiger partial charge in [-0.15, -0.1) is 0 Å². The van der Waals surface area contributed by atoms with Crippen molar-refractivity contribution in [2.75, 3.05) is 6.54 Å². The highest BCUT2D eigenvalue weighted by atomic mass is 16.3. The predicted octanol–water partition coefficient (Wildman–Crippen LogP) is 3.37. The summed E-state index contributed by atoms with van der Waals surface area (Å²) in [5, 5.41) is 12.1. The summed E-state index contributed by atoms with van der Waals surface area (Å²) in [4.78, 5) is 6.70. The Morgan fingerprint density at radius 1 is 1.23 bits per heavy atom. The van der Waals surface area contributed by atoms with Crippen LogP contribution in [0.4, 0.5) is 0 Å². The number of hydrogen-bond donors (Lipinski definition) is 1. The third-order valence-electron chi connectivity index (χ3n) is 6.33. The van der Waals surface area contributed by atoms with E-state index >= 15 is 0 Å². The molecule has 1 fully saturated rings. The molecule has 2 aliphatic heterocycles. The van der Waals surface area contributed by atoms with E-state index in [1.807, 2.05) is 12.1 Å². The smallest absolute Gasteiger partial charge is 0.0832 e. The van der Waals surface area contributed by atoms with E-state index in [2.05, 4.69) is 39.7 Å². The van der Waals surface area contributed by atoms with Gasteiger partial charge in [-0.25, -0.2) is 0 Å². The minimum Gasteiger partial charge on any atom is -0.388 e. The van der Waals surface area contributed by atoms with Gasteiger partial charge in [0.2, 0.25) is 0 Å². The Morgan fingerprint density at radius 3 is 2.92 bits per heavy atom. The van der Waals surface area contributed by atoms with Gasteiger partial charge in [-0.3, -0.25) is 9.88 Å². The first-order chi connectivity index (χ1) is 12.7. The average Bonchev–Trinajstić information content (AvgIpc) is 3.24. The summed E-state index contributed by atoms with van der Waals surface area (Å²) in [5.41, 5.74) is 6.45. The maximum absolute atomic E-state index is 10.7. The van der Waals surface area contributed by atoms with Crippen molar-refractivity contribution in [1.29, 1.82) is 0 Å². The second kappa shape index (κ2) is 6.22. The zero-order chi connectivity index (χ0) is 17.7. The lowest BCUT2D eigenvalue weighted by Gasteiger charge is -2.30. The van der Waals surface area contributed by atoms with Crippen LogP contribution in [0.5, 0.6) is 0 Å². The number of pyridine rings is 1. The van der Waals surface area contributed by atoms with Crippen molar-refractivity contribution in [2.24, 2.45) is 7.05 Å². The molecule has 2 unspecified atom stereocenters. The van der Waals surface area contributed by atoms with Gasteiger partial charge in [-0.05, 0) is 48.2 Å². The van der Waals surface area contributed by atoms with Gasteiger partial charge in [0.05, 0.1) is 11.6 Å². The number of aliphatic hydroxyl groups is 1. The number of aromatic nitrogens is 2. The van der Waals surface area contributed by atoms with Crippen LogP contribution >= 0.6 is 0 Å². The molecule has 3 aromatic rings. The molecule has 0 saturated carbocycles. The molecule has 134 valence electrons. The van der Waals surface area contributed by atoms with Crippen molar-refractivity contribution in [1.82, 2.24) is 14.5 Å². The lowest BCUT2D eigenvalue weighted by molar-refractivity contribution is 0.178. The second-order valence-electron chi connectivity index (χ2n) is 7.77. The number of benzene rings is 1. The average molecular weight is 347 g/mol. The lowest BCUT2D eigenvalue weighted by atomic mass is 9.97. The van der Waals surface area contributed by atoms with Crippen molar-refractivity contribution in [3.05, 3.63) is 65.1 Å². The number of nitrogens with zero attached hydrogens (tertiary/aromatic N) is 3. The Hall–Kier alpha value is -2.17. The van der Waals surface area contributed by atoms with E-state index in [0.717, 1.165) is 24.6 Å². The molecule has 2 aromatic heterocycles. The van der Waals surface area contributed by atoms with Gasteiger partial charge in [0.15, 0.2) is 0 Å². The Morgan fingerprint density at radius 2 is 2.08 bits per heavy atom. The summed E-state index contributed by atoms with van der Waals surface area (Å²) in [6.07, 6.45) is 7.44. The molecule has 0 spiro atoms.